The van der Waals surface area contributed by atoms with Crippen LogP contribution in [0.3, 0.4) is 0 Å². The largest absolute Gasteiger partial charge is 0.455 e. The van der Waals surface area contributed by atoms with Crippen molar-refractivity contribution in [1.82, 2.24) is 4.98 Å². The third-order valence-corrected chi connectivity index (χ3v) is 4.83. The zero-order valence-corrected chi connectivity index (χ0v) is 14.8. The van der Waals surface area contributed by atoms with Crippen LogP contribution < -0.4 is 10.1 Å². The molecule has 2 aromatic carbocycles. The number of nitrogens with one attached hydrogen (secondary N) is 1. The Bertz CT molecular complexity index is 902. The molecule has 0 spiro atoms. The smallest absolute Gasteiger partial charge is 0.153 e. The maximum atomic E-state index is 10.3. The van der Waals surface area contributed by atoms with Crippen LogP contribution in [0.1, 0.15) is 6.42 Å². The van der Waals surface area contributed by atoms with Gasteiger partial charge in [0.1, 0.15) is 23.0 Å². The maximum absolute atomic E-state index is 10.3. The summed E-state index contributed by atoms with van der Waals surface area (Å²) in [6.07, 6.45) is 1.30. The van der Waals surface area contributed by atoms with Crippen molar-refractivity contribution in [2.45, 2.75) is 18.1 Å². The van der Waals surface area contributed by atoms with Crippen molar-refractivity contribution in [3.63, 3.8) is 0 Å². The average molecular weight is 366 g/mol. The molecule has 2 unspecified atom stereocenters. The van der Waals surface area contributed by atoms with E-state index in [0.29, 0.717) is 24.5 Å². The molecule has 3 N–H and O–H groups in total. The van der Waals surface area contributed by atoms with E-state index in [9.17, 15) is 10.2 Å². The maximum Gasteiger partial charge on any atom is 0.153 e. The minimum Gasteiger partial charge on any atom is -0.455 e. The van der Waals surface area contributed by atoms with Crippen LogP contribution in [0.5, 0.6) is 11.5 Å². The van der Waals surface area contributed by atoms with E-state index in [1.165, 1.54) is 0 Å². The molecule has 140 valence electrons. The summed E-state index contributed by atoms with van der Waals surface area (Å²) in [7, 11) is 0. The van der Waals surface area contributed by atoms with Gasteiger partial charge in [0.25, 0.3) is 0 Å². The summed E-state index contributed by atoms with van der Waals surface area (Å²) >= 11 is 0. The number of hydrogen-bond acceptors (Lipinski definition) is 6. The normalized spacial score (nSPS) is 20.5. The molecule has 3 aromatic rings. The highest BCUT2D eigenvalue weighted by Crippen LogP contribution is 2.29. The Labute approximate surface area is 157 Å². The second-order valence-electron chi connectivity index (χ2n) is 6.76. The van der Waals surface area contributed by atoms with Crippen LogP contribution in [0.25, 0.3) is 10.9 Å². The number of rotatable bonds is 6. The van der Waals surface area contributed by atoms with Crippen molar-refractivity contribution in [1.29, 1.82) is 0 Å². The van der Waals surface area contributed by atoms with E-state index in [-0.39, 0.29) is 13.2 Å². The number of aliphatic hydroxyl groups excluding tert-OH is 1. The molecule has 4 rings (SSSR count). The molecule has 0 saturated carbocycles. The number of para-hydroxylation sites is 1. The van der Waals surface area contributed by atoms with E-state index in [0.717, 1.165) is 16.6 Å². The summed E-state index contributed by atoms with van der Waals surface area (Å²) in [6.45, 7) is 0.887. The summed E-state index contributed by atoms with van der Waals surface area (Å²) in [5.41, 5.74) is 0.481. The van der Waals surface area contributed by atoms with Gasteiger partial charge in [-0.25, -0.2) is 0 Å². The van der Waals surface area contributed by atoms with Crippen molar-refractivity contribution in [3.05, 3.63) is 60.8 Å². The third kappa shape index (κ3) is 3.88. The minimum atomic E-state index is -1.17. The van der Waals surface area contributed by atoms with Gasteiger partial charge in [-0.2, -0.15) is 0 Å². The molecule has 1 aliphatic heterocycles. The van der Waals surface area contributed by atoms with Crippen molar-refractivity contribution in [2.24, 2.45) is 0 Å². The van der Waals surface area contributed by atoms with E-state index in [4.69, 9.17) is 9.47 Å². The van der Waals surface area contributed by atoms with Crippen LogP contribution >= 0.6 is 0 Å². The Morgan fingerprint density at radius 1 is 1.15 bits per heavy atom. The Hall–Kier alpha value is -2.67. The van der Waals surface area contributed by atoms with Crippen LogP contribution in [0.4, 0.5) is 5.69 Å². The van der Waals surface area contributed by atoms with E-state index in [1.54, 1.807) is 6.20 Å². The topological polar surface area (TPSA) is 83.8 Å². The van der Waals surface area contributed by atoms with E-state index < -0.39 is 11.7 Å². The molecule has 0 amide bonds. The summed E-state index contributed by atoms with van der Waals surface area (Å²) in [5.74, 6) is 1.40. The molecule has 6 nitrogen and oxygen atoms in total. The molecule has 6 heteroatoms. The van der Waals surface area contributed by atoms with Crippen molar-refractivity contribution < 1.29 is 19.7 Å². The molecule has 1 aliphatic rings. The summed E-state index contributed by atoms with van der Waals surface area (Å²) in [5, 5.41) is 24.6. The van der Waals surface area contributed by atoms with Gasteiger partial charge in [0.05, 0.1) is 6.61 Å². The van der Waals surface area contributed by atoms with Crippen LogP contribution in [0, 0.1) is 0 Å². The fourth-order valence-electron chi connectivity index (χ4n) is 3.16. The second kappa shape index (κ2) is 7.52. The average Bonchev–Trinajstić information content (AvgIpc) is 3.15. The van der Waals surface area contributed by atoms with E-state index in [2.05, 4.69) is 10.3 Å². The second-order valence-corrected chi connectivity index (χ2v) is 6.76. The monoisotopic (exact) mass is 366 g/mol. The predicted molar refractivity (Wildman–Crippen MR) is 103 cm³/mol. The number of fused-ring (bicyclic) bond motifs is 1. The van der Waals surface area contributed by atoms with Crippen molar-refractivity contribution in [2.75, 3.05) is 25.1 Å². The number of pyridine rings is 1. The lowest BCUT2D eigenvalue weighted by Crippen LogP contribution is -2.46. The van der Waals surface area contributed by atoms with Gasteiger partial charge < -0.3 is 25.0 Å². The zero-order valence-electron chi connectivity index (χ0n) is 14.8. The van der Waals surface area contributed by atoms with Crippen LogP contribution in [0.2, 0.25) is 0 Å². The van der Waals surface area contributed by atoms with Gasteiger partial charge in [-0.05, 0) is 36.4 Å². The number of benzene rings is 2. The molecule has 27 heavy (non-hydrogen) atoms. The predicted octanol–water partition coefficient (Wildman–Crippen LogP) is 2.95. The Morgan fingerprint density at radius 2 is 1.96 bits per heavy atom. The number of aliphatic hydroxyl groups is 2. The zero-order chi connectivity index (χ0) is 18.7. The lowest BCUT2D eigenvalue weighted by molar-refractivity contribution is -0.0699. The standard InChI is InChI=1S/C21H22N2O4/c24-19(21(25)10-12-26-14-21)13-23-16-6-8-17(9-7-16)27-18-5-1-3-15-4-2-11-22-20(15)18/h1-9,11,19,23-25H,10,12-14H2. The lowest BCUT2D eigenvalue weighted by atomic mass is 9.96. The molecule has 1 fully saturated rings. The first kappa shape index (κ1) is 17.7. The molecule has 0 aliphatic carbocycles. The van der Waals surface area contributed by atoms with Crippen LogP contribution in [-0.4, -0.2) is 46.7 Å². The van der Waals surface area contributed by atoms with Crippen molar-refractivity contribution in [3.8, 4) is 11.5 Å². The molecule has 0 bridgehead atoms. The van der Waals surface area contributed by atoms with E-state index in [1.807, 2.05) is 54.6 Å². The van der Waals surface area contributed by atoms with E-state index >= 15 is 0 Å². The molecule has 1 saturated heterocycles. The van der Waals surface area contributed by atoms with Crippen molar-refractivity contribution >= 4 is 16.6 Å². The number of aromatic nitrogens is 1. The van der Waals surface area contributed by atoms with Gasteiger partial charge in [0, 0.05) is 36.8 Å². The summed E-state index contributed by atoms with van der Waals surface area (Å²) in [6, 6.07) is 17.2. The first-order valence-corrected chi connectivity index (χ1v) is 8.98. The Morgan fingerprint density at radius 3 is 2.74 bits per heavy atom. The van der Waals surface area contributed by atoms with Gasteiger partial charge in [-0.1, -0.05) is 18.2 Å². The van der Waals surface area contributed by atoms with Crippen LogP contribution in [0.15, 0.2) is 60.8 Å². The fourth-order valence-corrected chi connectivity index (χ4v) is 3.16. The molecule has 2 atom stereocenters. The first-order chi connectivity index (χ1) is 13.1. The SMILES string of the molecule is OC(CNc1ccc(Oc2cccc3cccnc23)cc1)C1(O)CCOC1. The Balaban J connectivity index is 1.40. The Kier molecular flexibility index (Phi) is 4.94. The van der Waals surface area contributed by atoms with Gasteiger partial charge >= 0.3 is 0 Å². The number of ether oxygens (including phenoxy) is 2. The van der Waals surface area contributed by atoms with Crippen LogP contribution in [-0.2, 0) is 4.74 Å². The molecule has 1 aromatic heterocycles. The number of nitrogens with zero attached hydrogens (tertiary/aromatic N) is 1. The highest BCUT2D eigenvalue weighted by molar-refractivity contribution is 5.84. The van der Waals surface area contributed by atoms with Gasteiger partial charge in [-0.15, -0.1) is 0 Å². The molecule has 2 heterocycles. The highest BCUT2D eigenvalue weighted by Gasteiger charge is 2.39. The first-order valence-electron chi connectivity index (χ1n) is 8.98. The van der Waals surface area contributed by atoms with Gasteiger partial charge in [0.2, 0.25) is 0 Å². The highest BCUT2D eigenvalue weighted by atomic mass is 16.5. The minimum absolute atomic E-state index is 0.168. The van der Waals surface area contributed by atoms with Gasteiger partial charge in [-0.3, -0.25) is 4.98 Å². The number of anilines is 1. The van der Waals surface area contributed by atoms with Gasteiger partial charge in [0.15, 0.2) is 5.75 Å². The molecule has 0 radical (unpaired) electrons. The number of hydrogen-bond donors (Lipinski definition) is 3. The molecular weight excluding hydrogens is 344 g/mol. The summed E-state index contributed by atoms with van der Waals surface area (Å²) < 4.78 is 11.2. The lowest BCUT2D eigenvalue weighted by Gasteiger charge is -2.27. The quantitative estimate of drug-likeness (QED) is 0.622. The fraction of sp³-hybridized carbons (Fsp3) is 0.286. The summed E-state index contributed by atoms with van der Waals surface area (Å²) in [4.78, 5) is 4.39. The molecular formula is C21H22N2O4. The third-order valence-electron chi connectivity index (χ3n) is 4.83.